The highest BCUT2D eigenvalue weighted by Crippen LogP contribution is 2.19. The topological polar surface area (TPSA) is 147 Å². The van der Waals surface area contributed by atoms with E-state index in [0.29, 0.717) is 10.4 Å². The number of carbonyl (C=O) groups is 4. The number of amides is 3. The predicted octanol–water partition coefficient (Wildman–Crippen LogP) is 1.79. The summed E-state index contributed by atoms with van der Waals surface area (Å²) in [5.74, 6) is -2.02. The maximum absolute atomic E-state index is 12.6. The highest BCUT2D eigenvalue weighted by atomic mass is 32.1. The van der Waals surface area contributed by atoms with Crippen molar-refractivity contribution >= 4 is 51.5 Å². The Labute approximate surface area is 196 Å². The number of phenolic OH excluding ortho intramolecular Hbond substituents is 1. The number of esters is 1. The standard InChI is InChI=1S/C21H20N4O6S2/c1-31-20(30)14(10-22-18(28)15-6-3-7-32-15)24-19(29)16-11-23-21(33-16)25-17(27)9-12-4-2-5-13(26)8-12/h2-8,11,14,26H,9-10H2,1H3,(H,22,28)(H,24,29)(H,23,25,27)/t14-/m0/s1. The molecular weight excluding hydrogens is 468 g/mol. The molecule has 0 aliphatic rings. The minimum atomic E-state index is -1.11. The van der Waals surface area contributed by atoms with Crippen LogP contribution in [0.5, 0.6) is 5.75 Å². The fraction of sp³-hybridized carbons (Fsp3) is 0.190. The highest BCUT2D eigenvalue weighted by molar-refractivity contribution is 7.17. The van der Waals surface area contributed by atoms with E-state index in [0.717, 1.165) is 11.3 Å². The van der Waals surface area contributed by atoms with E-state index in [1.54, 1.807) is 29.6 Å². The van der Waals surface area contributed by atoms with Crippen molar-refractivity contribution in [1.29, 1.82) is 0 Å². The van der Waals surface area contributed by atoms with Crippen LogP contribution < -0.4 is 16.0 Å². The molecule has 1 atom stereocenters. The zero-order chi connectivity index (χ0) is 23.8. The van der Waals surface area contributed by atoms with Crippen LogP contribution in [-0.2, 0) is 20.7 Å². The van der Waals surface area contributed by atoms with Crippen LogP contribution in [0.4, 0.5) is 5.13 Å². The van der Waals surface area contributed by atoms with Crippen molar-refractivity contribution in [1.82, 2.24) is 15.6 Å². The second-order valence-corrected chi connectivity index (χ2v) is 8.64. The number of aromatic hydroxyl groups is 1. The van der Waals surface area contributed by atoms with Gasteiger partial charge in [0.05, 0.1) is 24.6 Å². The van der Waals surface area contributed by atoms with Gasteiger partial charge in [-0.3, -0.25) is 14.4 Å². The molecule has 0 bridgehead atoms. The first-order valence-electron chi connectivity index (χ1n) is 9.59. The number of hydrogen-bond acceptors (Lipinski definition) is 9. The van der Waals surface area contributed by atoms with Crippen LogP contribution in [0.2, 0.25) is 0 Å². The van der Waals surface area contributed by atoms with Crippen LogP contribution in [0.15, 0.2) is 48.0 Å². The summed E-state index contributed by atoms with van der Waals surface area (Å²) < 4.78 is 4.71. The van der Waals surface area contributed by atoms with E-state index in [1.807, 2.05) is 0 Å². The summed E-state index contributed by atoms with van der Waals surface area (Å²) >= 11 is 2.17. The number of thiophene rings is 1. The van der Waals surface area contributed by atoms with Gasteiger partial charge in [-0.2, -0.15) is 0 Å². The van der Waals surface area contributed by atoms with Gasteiger partial charge in [-0.1, -0.05) is 29.5 Å². The minimum Gasteiger partial charge on any atom is -0.508 e. The molecule has 172 valence electrons. The van der Waals surface area contributed by atoms with E-state index in [-0.39, 0.29) is 40.5 Å². The number of anilines is 1. The van der Waals surface area contributed by atoms with Gasteiger partial charge in [0, 0.05) is 6.54 Å². The lowest BCUT2D eigenvalue weighted by molar-refractivity contribution is -0.142. The first-order valence-corrected chi connectivity index (χ1v) is 11.3. The third-order valence-electron chi connectivity index (χ3n) is 4.25. The van der Waals surface area contributed by atoms with E-state index in [2.05, 4.69) is 20.9 Å². The number of hydrogen-bond donors (Lipinski definition) is 4. The van der Waals surface area contributed by atoms with Crippen molar-refractivity contribution in [2.45, 2.75) is 12.5 Å². The number of carbonyl (C=O) groups excluding carboxylic acids is 4. The molecule has 0 radical (unpaired) electrons. The van der Waals surface area contributed by atoms with Gasteiger partial charge in [-0.15, -0.1) is 11.3 Å². The van der Waals surface area contributed by atoms with Crippen LogP contribution in [0.25, 0.3) is 0 Å². The number of benzene rings is 1. The summed E-state index contributed by atoms with van der Waals surface area (Å²) in [6.07, 6.45) is 1.28. The number of methoxy groups -OCH3 is 1. The van der Waals surface area contributed by atoms with E-state index in [9.17, 15) is 24.3 Å². The minimum absolute atomic E-state index is 0.0177. The predicted molar refractivity (Wildman–Crippen MR) is 122 cm³/mol. The van der Waals surface area contributed by atoms with Gasteiger partial charge < -0.3 is 25.8 Å². The van der Waals surface area contributed by atoms with Gasteiger partial charge in [-0.05, 0) is 29.1 Å². The lowest BCUT2D eigenvalue weighted by Gasteiger charge is -2.16. The number of ether oxygens (including phenoxy) is 1. The Bertz CT molecular complexity index is 1150. The average molecular weight is 489 g/mol. The van der Waals surface area contributed by atoms with Crippen LogP contribution in [0, 0.1) is 0 Å². The summed E-state index contributed by atoms with van der Waals surface area (Å²) in [6.45, 7) is -0.165. The summed E-state index contributed by atoms with van der Waals surface area (Å²) in [5.41, 5.74) is 0.618. The van der Waals surface area contributed by atoms with Gasteiger partial charge >= 0.3 is 5.97 Å². The first kappa shape index (κ1) is 23.9. The Hall–Kier alpha value is -3.77. The molecule has 10 nitrogen and oxygen atoms in total. The Kier molecular flexibility index (Phi) is 8.11. The molecule has 3 rings (SSSR count). The van der Waals surface area contributed by atoms with Crippen LogP contribution in [0.3, 0.4) is 0 Å². The van der Waals surface area contributed by atoms with Crippen LogP contribution in [0.1, 0.15) is 24.9 Å². The molecule has 0 aliphatic carbocycles. The highest BCUT2D eigenvalue weighted by Gasteiger charge is 2.24. The smallest absolute Gasteiger partial charge is 0.330 e. The van der Waals surface area contributed by atoms with Crippen molar-refractivity contribution in [3.63, 3.8) is 0 Å². The van der Waals surface area contributed by atoms with E-state index >= 15 is 0 Å². The lowest BCUT2D eigenvalue weighted by atomic mass is 10.1. The van der Waals surface area contributed by atoms with Crippen molar-refractivity contribution < 1.29 is 29.0 Å². The number of phenols is 1. The number of nitrogens with zero attached hydrogens (tertiary/aromatic N) is 1. The number of aromatic nitrogens is 1. The van der Waals surface area contributed by atoms with Crippen molar-refractivity contribution in [3.05, 3.63) is 63.3 Å². The molecular formula is C21H20N4O6S2. The Balaban J connectivity index is 1.57. The SMILES string of the molecule is COC(=O)[C@H](CNC(=O)c1cccs1)NC(=O)c1cnc(NC(=O)Cc2cccc(O)c2)s1. The molecule has 0 aliphatic heterocycles. The molecule has 0 unspecified atom stereocenters. The monoisotopic (exact) mass is 488 g/mol. The molecule has 2 heterocycles. The Morgan fingerprint density at radius 2 is 1.94 bits per heavy atom. The molecule has 1 aromatic carbocycles. The fourth-order valence-corrected chi connectivity index (χ4v) is 4.08. The molecule has 4 N–H and O–H groups in total. The van der Waals surface area contributed by atoms with Gasteiger partial charge in [0.1, 0.15) is 16.7 Å². The molecule has 0 saturated carbocycles. The fourth-order valence-electron chi connectivity index (χ4n) is 2.71. The maximum Gasteiger partial charge on any atom is 0.330 e. The van der Waals surface area contributed by atoms with Gasteiger partial charge in [0.15, 0.2) is 5.13 Å². The maximum atomic E-state index is 12.6. The van der Waals surface area contributed by atoms with Crippen molar-refractivity contribution in [3.8, 4) is 5.75 Å². The zero-order valence-corrected chi connectivity index (χ0v) is 19.0. The van der Waals surface area contributed by atoms with Gasteiger partial charge in [0.25, 0.3) is 11.8 Å². The van der Waals surface area contributed by atoms with E-state index in [1.165, 1.54) is 36.8 Å². The number of rotatable bonds is 9. The molecule has 0 spiro atoms. The number of thiazole rings is 1. The lowest BCUT2D eigenvalue weighted by Crippen LogP contribution is -2.48. The van der Waals surface area contributed by atoms with E-state index in [4.69, 9.17) is 4.74 Å². The summed E-state index contributed by atoms with van der Waals surface area (Å²) in [7, 11) is 1.18. The zero-order valence-electron chi connectivity index (χ0n) is 17.4. The normalized spacial score (nSPS) is 11.3. The first-order chi connectivity index (χ1) is 15.9. The summed E-state index contributed by atoms with van der Waals surface area (Å²) in [6, 6.07) is 8.56. The van der Waals surface area contributed by atoms with Crippen LogP contribution in [-0.4, -0.2) is 53.5 Å². The van der Waals surface area contributed by atoms with Gasteiger partial charge in [0.2, 0.25) is 5.91 Å². The van der Waals surface area contributed by atoms with Crippen molar-refractivity contribution in [2.24, 2.45) is 0 Å². The second kappa shape index (κ2) is 11.2. The van der Waals surface area contributed by atoms with Crippen LogP contribution >= 0.6 is 22.7 Å². The summed E-state index contributed by atoms with van der Waals surface area (Å²) in [5, 5.41) is 19.1. The Morgan fingerprint density at radius 1 is 1.12 bits per heavy atom. The molecule has 3 aromatic rings. The molecule has 2 aromatic heterocycles. The second-order valence-electron chi connectivity index (χ2n) is 6.66. The summed E-state index contributed by atoms with van der Waals surface area (Å²) in [4.78, 5) is 53.6. The largest absolute Gasteiger partial charge is 0.508 e. The quantitative estimate of drug-likeness (QED) is 0.336. The molecule has 12 heteroatoms. The Morgan fingerprint density at radius 3 is 2.64 bits per heavy atom. The molecule has 0 fully saturated rings. The molecule has 0 saturated heterocycles. The molecule has 3 amide bonds. The average Bonchev–Trinajstić information content (AvgIpc) is 3.48. The third kappa shape index (κ3) is 6.85. The van der Waals surface area contributed by atoms with E-state index < -0.39 is 17.9 Å². The third-order valence-corrected chi connectivity index (χ3v) is 6.03. The number of nitrogens with one attached hydrogen (secondary N) is 3. The van der Waals surface area contributed by atoms with Gasteiger partial charge in [-0.25, -0.2) is 9.78 Å². The molecule has 33 heavy (non-hydrogen) atoms. The van der Waals surface area contributed by atoms with Crippen molar-refractivity contribution in [2.75, 3.05) is 19.0 Å².